The molecule has 0 fully saturated rings. The number of rotatable bonds is 6. The van der Waals surface area contributed by atoms with Crippen molar-refractivity contribution in [3.05, 3.63) is 51.7 Å². The van der Waals surface area contributed by atoms with Gasteiger partial charge in [-0.2, -0.15) is 11.3 Å². The highest BCUT2D eigenvalue weighted by atomic mass is 32.2. The summed E-state index contributed by atoms with van der Waals surface area (Å²) in [6.45, 7) is 0.0294. The number of halogens is 2. The van der Waals surface area contributed by atoms with Gasteiger partial charge >= 0.3 is 0 Å². The van der Waals surface area contributed by atoms with Gasteiger partial charge in [-0.05, 0) is 46.5 Å². The zero-order chi connectivity index (χ0) is 15.5. The van der Waals surface area contributed by atoms with E-state index in [1.165, 1.54) is 11.3 Å². The van der Waals surface area contributed by atoms with E-state index >= 15 is 0 Å². The fraction of sp³-hybridized carbons (Fsp3) is 0.231. The topological polar surface area (TPSA) is 72.2 Å². The van der Waals surface area contributed by atoms with Crippen LogP contribution in [-0.2, 0) is 23.0 Å². The molecule has 2 rings (SSSR count). The number of benzene rings is 1. The molecule has 114 valence electrons. The van der Waals surface area contributed by atoms with Gasteiger partial charge in [-0.15, -0.1) is 0 Å². The summed E-state index contributed by atoms with van der Waals surface area (Å²) in [5.41, 5.74) is 6.53. The number of sulfonamides is 1. The van der Waals surface area contributed by atoms with Gasteiger partial charge in [-0.1, -0.05) is 0 Å². The Morgan fingerprint density at radius 1 is 1.24 bits per heavy atom. The van der Waals surface area contributed by atoms with Crippen molar-refractivity contribution in [3.63, 3.8) is 0 Å². The van der Waals surface area contributed by atoms with Crippen LogP contribution in [0.2, 0.25) is 0 Å². The maximum Gasteiger partial charge on any atom is 0.243 e. The Labute approximate surface area is 125 Å². The van der Waals surface area contributed by atoms with E-state index in [-0.39, 0.29) is 18.7 Å². The fourth-order valence-electron chi connectivity index (χ4n) is 1.77. The lowest BCUT2D eigenvalue weighted by molar-refractivity contribution is 0.481. The fourth-order valence-corrected chi connectivity index (χ4v) is 3.64. The minimum Gasteiger partial charge on any atom is -0.326 e. The molecule has 0 aliphatic rings. The maximum atomic E-state index is 13.7. The molecule has 0 aliphatic heterocycles. The molecule has 2 aromatic rings. The van der Waals surface area contributed by atoms with E-state index in [2.05, 4.69) is 4.72 Å². The highest BCUT2D eigenvalue weighted by Gasteiger charge is 2.22. The number of thiophene rings is 1. The second-order valence-electron chi connectivity index (χ2n) is 4.37. The normalized spacial score (nSPS) is 11.8. The smallest absolute Gasteiger partial charge is 0.243 e. The van der Waals surface area contributed by atoms with Crippen molar-refractivity contribution in [2.75, 3.05) is 6.54 Å². The maximum absolute atomic E-state index is 13.7. The van der Waals surface area contributed by atoms with Crippen molar-refractivity contribution in [2.24, 2.45) is 5.73 Å². The second kappa shape index (κ2) is 6.61. The van der Waals surface area contributed by atoms with Gasteiger partial charge < -0.3 is 5.73 Å². The Bertz CT molecular complexity index is 716. The van der Waals surface area contributed by atoms with E-state index in [0.29, 0.717) is 6.42 Å². The van der Waals surface area contributed by atoms with Crippen molar-refractivity contribution < 1.29 is 17.2 Å². The van der Waals surface area contributed by atoms with Crippen LogP contribution < -0.4 is 10.5 Å². The van der Waals surface area contributed by atoms with Crippen molar-refractivity contribution in [1.82, 2.24) is 4.72 Å². The van der Waals surface area contributed by atoms with Gasteiger partial charge in [0.05, 0.1) is 0 Å². The molecule has 0 radical (unpaired) electrons. The van der Waals surface area contributed by atoms with E-state index < -0.39 is 26.6 Å². The third-order valence-electron chi connectivity index (χ3n) is 2.87. The highest BCUT2D eigenvalue weighted by Crippen LogP contribution is 2.19. The molecule has 0 aliphatic carbocycles. The van der Waals surface area contributed by atoms with Crippen LogP contribution in [0, 0.1) is 11.6 Å². The minimum absolute atomic E-state index is 0.0748. The lowest BCUT2D eigenvalue weighted by Gasteiger charge is -2.09. The van der Waals surface area contributed by atoms with E-state index in [9.17, 15) is 17.2 Å². The van der Waals surface area contributed by atoms with Gasteiger partial charge in [0.15, 0.2) is 11.6 Å². The summed E-state index contributed by atoms with van der Waals surface area (Å²) in [4.78, 5) is -0.715. The van der Waals surface area contributed by atoms with Crippen LogP contribution in [-0.4, -0.2) is 15.0 Å². The van der Waals surface area contributed by atoms with Gasteiger partial charge in [0, 0.05) is 13.1 Å². The molecule has 0 unspecified atom stereocenters. The second-order valence-corrected chi connectivity index (χ2v) is 6.89. The van der Waals surface area contributed by atoms with Crippen molar-refractivity contribution >= 4 is 21.4 Å². The first-order valence-electron chi connectivity index (χ1n) is 6.13. The zero-order valence-electron chi connectivity index (χ0n) is 11.0. The monoisotopic (exact) mass is 332 g/mol. The van der Waals surface area contributed by atoms with Crippen LogP contribution in [0.25, 0.3) is 0 Å². The molecule has 0 atom stereocenters. The van der Waals surface area contributed by atoms with Gasteiger partial charge in [-0.3, -0.25) is 0 Å². The molecule has 1 heterocycles. The van der Waals surface area contributed by atoms with E-state index in [4.69, 9.17) is 5.73 Å². The summed E-state index contributed by atoms with van der Waals surface area (Å²) in [5, 5.41) is 3.77. The summed E-state index contributed by atoms with van der Waals surface area (Å²) >= 11 is 1.50. The largest absolute Gasteiger partial charge is 0.326 e. The van der Waals surface area contributed by atoms with Crippen LogP contribution in [0.5, 0.6) is 0 Å². The predicted molar refractivity (Wildman–Crippen MR) is 77.5 cm³/mol. The van der Waals surface area contributed by atoms with E-state index in [0.717, 1.165) is 17.7 Å². The van der Waals surface area contributed by atoms with Crippen molar-refractivity contribution in [1.29, 1.82) is 0 Å². The third kappa shape index (κ3) is 3.85. The first kappa shape index (κ1) is 16.0. The van der Waals surface area contributed by atoms with Crippen molar-refractivity contribution in [3.8, 4) is 0 Å². The van der Waals surface area contributed by atoms with Gasteiger partial charge in [0.1, 0.15) is 4.90 Å². The van der Waals surface area contributed by atoms with Gasteiger partial charge in [0.2, 0.25) is 10.0 Å². The Balaban J connectivity index is 2.17. The van der Waals surface area contributed by atoms with E-state index in [1.54, 1.807) is 0 Å². The molecule has 0 bridgehead atoms. The summed E-state index contributed by atoms with van der Waals surface area (Å²) < 4.78 is 53.4. The van der Waals surface area contributed by atoms with Crippen LogP contribution >= 0.6 is 11.3 Å². The Morgan fingerprint density at radius 2 is 2.00 bits per heavy atom. The van der Waals surface area contributed by atoms with E-state index in [1.807, 2.05) is 16.8 Å². The molecule has 21 heavy (non-hydrogen) atoms. The first-order valence-corrected chi connectivity index (χ1v) is 8.55. The number of nitrogens with one attached hydrogen (secondary N) is 1. The average molecular weight is 332 g/mol. The Hall–Kier alpha value is -1.35. The molecule has 1 aromatic heterocycles. The number of nitrogens with two attached hydrogens (primary N) is 1. The summed E-state index contributed by atoms with van der Waals surface area (Å²) in [5.74, 6) is -2.62. The lowest BCUT2D eigenvalue weighted by Crippen LogP contribution is -2.27. The van der Waals surface area contributed by atoms with Crippen LogP contribution in [0.1, 0.15) is 11.1 Å². The molecule has 0 saturated carbocycles. The Kier molecular flexibility index (Phi) is 5.04. The number of hydrogen-bond donors (Lipinski definition) is 2. The zero-order valence-corrected chi connectivity index (χ0v) is 12.6. The van der Waals surface area contributed by atoms with Crippen molar-refractivity contribution in [2.45, 2.75) is 17.9 Å². The first-order chi connectivity index (χ1) is 9.94. The summed E-state index contributed by atoms with van der Waals surface area (Å²) in [7, 11) is -4.12. The average Bonchev–Trinajstić information content (AvgIpc) is 2.94. The molecule has 0 spiro atoms. The summed E-state index contributed by atoms with van der Waals surface area (Å²) in [6.07, 6.45) is 0.476. The molecule has 4 nitrogen and oxygen atoms in total. The molecule has 0 saturated heterocycles. The molecular weight excluding hydrogens is 318 g/mol. The van der Waals surface area contributed by atoms with Crippen LogP contribution in [0.3, 0.4) is 0 Å². The van der Waals surface area contributed by atoms with Gasteiger partial charge in [0.25, 0.3) is 0 Å². The molecule has 8 heteroatoms. The number of hydrogen-bond acceptors (Lipinski definition) is 4. The lowest BCUT2D eigenvalue weighted by atomic mass is 10.2. The minimum atomic E-state index is -4.12. The van der Waals surface area contributed by atoms with Crippen LogP contribution in [0.15, 0.2) is 33.9 Å². The molecule has 3 N–H and O–H groups in total. The third-order valence-corrected chi connectivity index (χ3v) is 5.06. The SMILES string of the molecule is NCc1cc(F)c(F)c(S(=O)(=O)NCCc2ccsc2)c1. The highest BCUT2D eigenvalue weighted by molar-refractivity contribution is 7.89. The molecule has 1 aromatic carbocycles. The summed E-state index contributed by atoms with van der Waals surface area (Å²) in [6, 6.07) is 3.80. The Morgan fingerprint density at radius 3 is 2.62 bits per heavy atom. The predicted octanol–water partition coefficient (Wildman–Crippen LogP) is 2.01. The standard InChI is InChI=1S/C13H14F2N2O2S2/c14-11-5-10(7-16)6-12(13(11)15)21(18,19)17-3-1-9-2-4-20-8-9/h2,4-6,8,17H,1,3,7,16H2. The molecule has 0 amide bonds. The van der Waals surface area contributed by atoms with Gasteiger partial charge in [-0.25, -0.2) is 21.9 Å². The van der Waals surface area contributed by atoms with Crippen LogP contribution in [0.4, 0.5) is 8.78 Å². The quantitative estimate of drug-likeness (QED) is 0.850. The molecular formula is C13H14F2N2O2S2.